The van der Waals surface area contributed by atoms with Gasteiger partial charge in [0.05, 0.1) is 0 Å². The highest BCUT2D eigenvalue weighted by molar-refractivity contribution is 5.78. The zero-order valence-corrected chi connectivity index (χ0v) is 8.58. The quantitative estimate of drug-likeness (QED) is 0.477. The lowest BCUT2D eigenvalue weighted by Crippen LogP contribution is -2.33. The maximum Gasteiger partial charge on any atom is 0.224 e. The number of nitrogens with one attached hydrogen (secondary N) is 1. The van der Waals surface area contributed by atoms with Gasteiger partial charge >= 0.3 is 0 Å². The van der Waals surface area contributed by atoms with Gasteiger partial charge < -0.3 is 16.8 Å². The van der Waals surface area contributed by atoms with Crippen molar-refractivity contribution < 1.29 is 9.59 Å². The average molecular weight is 201 g/mol. The lowest BCUT2D eigenvalue weighted by atomic mass is 10.1. The first-order chi connectivity index (χ1) is 6.57. The Morgan fingerprint density at radius 1 is 1.36 bits per heavy atom. The SMILES string of the molecule is CC(CN)C(=O)NCCCCC(N)=O. The summed E-state index contributed by atoms with van der Waals surface area (Å²) in [5, 5.41) is 2.74. The summed E-state index contributed by atoms with van der Waals surface area (Å²) >= 11 is 0. The fourth-order valence-electron chi connectivity index (χ4n) is 0.917. The molecule has 0 aromatic heterocycles. The van der Waals surface area contributed by atoms with Gasteiger partial charge in [0.15, 0.2) is 0 Å². The second-order valence-corrected chi connectivity index (χ2v) is 3.35. The van der Waals surface area contributed by atoms with E-state index in [9.17, 15) is 9.59 Å². The molecule has 5 nitrogen and oxygen atoms in total. The van der Waals surface area contributed by atoms with Crippen molar-refractivity contribution in [1.29, 1.82) is 0 Å². The molecule has 0 bridgehead atoms. The van der Waals surface area contributed by atoms with Crippen LogP contribution in [0.4, 0.5) is 0 Å². The number of hydrogen-bond donors (Lipinski definition) is 3. The summed E-state index contributed by atoms with van der Waals surface area (Å²) < 4.78 is 0. The summed E-state index contributed by atoms with van der Waals surface area (Å²) in [7, 11) is 0. The van der Waals surface area contributed by atoms with Crippen LogP contribution in [0.3, 0.4) is 0 Å². The monoisotopic (exact) mass is 201 g/mol. The Morgan fingerprint density at radius 3 is 2.50 bits per heavy atom. The van der Waals surface area contributed by atoms with Gasteiger partial charge in [0.1, 0.15) is 0 Å². The molecule has 82 valence electrons. The summed E-state index contributed by atoms with van der Waals surface area (Å²) in [6.45, 7) is 2.71. The molecule has 0 aromatic carbocycles. The molecule has 0 fully saturated rings. The summed E-state index contributed by atoms with van der Waals surface area (Å²) in [5.41, 5.74) is 10.3. The number of hydrogen-bond acceptors (Lipinski definition) is 3. The van der Waals surface area contributed by atoms with E-state index < -0.39 is 0 Å². The van der Waals surface area contributed by atoms with Crippen LogP contribution >= 0.6 is 0 Å². The fraction of sp³-hybridized carbons (Fsp3) is 0.778. The first-order valence-corrected chi connectivity index (χ1v) is 4.84. The molecule has 1 unspecified atom stereocenters. The van der Waals surface area contributed by atoms with E-state index >= 15 is 0 Å². The Labute approximate surface area is 84.2 Å². The first-order valence-electron chi connectivity index (χ1n) is 4.84. The van der Waals surface area contributed by atoms with Crippen molar-refractivity contribution in [1.82, 2.24) is 5.32 Å². The molecule has 5 N–H and O–H groups in total. The highest BCUT2D eigenvalue weighted by Crippen LogP contribution is 1.94. The van der Waals surface area contributed by atoms with Crippen molar-refractivity contribution in [2.24, 2.45) is 17.4 Å². The zero-order valence-electron chi connectivity index (χ0n) is 8.58. The van der Waals surface area contributed by atoms with Crippen molar-refractivity contribution in [3.8, 4) is 0 Å². The minimum atomic E-state index is -0.299. The molecule has 14 heavy (non-hydrogen) atoms. The van der Waals surface area contributed by atoms with Gasteiger partial charge in [0, 0.05) is 25.4 Å². The van der Waals surface area contributed by atoms with Crippen LogP contribution < -0.4 is 16.8 Å². The Hall–Kier alpha value is -1.10. The molecular formula is C9H19N3O2. The molecule has 5 heteroatoms. The molecule has 0 aliphatic rings. The van der Waals surface area contributed by atoms with Gasteiger partial charge in [0.25, 0.3) is 0 Å². The lowest BCUT2D eigenvalue weighted by Gasteiger charge is -2.09. The zero-order chi connectivity index (χ0) is 11.0. The Kier molecular flexibility index (Phi) is 6.74. The number of rotatable bonds is 7. The van der Waals surface area contributed by atoms with Crippen LogP contribution in [0.25, 0.3) is 0 Å². The molecule has 0 saturated carbocycles. The second kappa shape index (κ2) is 7.32. The highest BCUT2D eigenvalue weighted by Gasteiger charge is 2.08. The number of unbranched alkanes of at least 4 members (excludes halogenated alkanes) is 1. The van der Waals surface area contributed by atoms with Gasteiger partial charge in [-0.1, -0.05) is 6.92 Å². The van der Waals surface area contributed by atoms with Gasteiger partial charge in [-0.3, -0.25) is 9.59 Å². The molecule has 0 saturated heterocycles. The van der Waals surface area contributed by atoms with E-state index in [0.29, 0.717) is 25.9 Å². The molecular weight excluding hydrogens is 182 g/mol. The Bertz CT molecular complexity index is 194. The van der Waals surface area contributed by atoms with Crippen LogP contribution in [0, 0.1) is 5.92 Å². The smallest absolute Gasteiger partial charge is 0.224 e. The third-order valence-electron chi connectivity index (χ3n) is 1.95. The number of primary amides is 1. The standard InChI is InChI=1S/C9H19N3O2/c1-7(6-10)9(14)12-5-3-2-4-8(11)13/h7H,2-6,10H2,1H3,(H2,11,13)(H,12,14). The Morgan fingerprint density at radius 2 is 2.00 bits per heavy atom. The van der Waals surface area contributed by atoms with Gasteiger partial charge in [0.2, 0.25) is 11.8 Å². The minimum Gasteiger partial charge on any atom is -0.370 e. The maximum atomic E-state index is 11.2. The van der Waals surface area contributed by atoms with Crippen LogP contribution in [-0.4, -0.2) is 24.9 Å². The molecule has 0 aliphatic heterocycles. The average Bonchev–Trinajstić information content (AvgIpc) is 2.15. The predicted octanol–water partition coefficient (Wildman–Crippen LogP) is -0.647. The molecule has 0 rings (SSSR count). The predicted molar refractivity (Wildman–Crippen MR) is 54.3 cm³/mol. The largest absolute Gasteiger partial charge is 0.370 e. The Balaban J connectivity index is 3.36. The van der Waals surface area contributed by atoms with E-state index in [1.807, 2.05) is 0 Å². The van der Waals surface area contributed by atoms with Crippen molar-refractivity contribution >= 4 is 11.8 Å². The van der Waals surface area contributed by atoms with Gasteiger partial charge in [-0.05, 0) is 12.8 Å². The van der Waals surface area contributed by atoms with Crippen molar-refractivity contribution in [3.63, 3.8) is 0 Å². The highest BCUT2D eigenvalue weighted by atomic mass is 16.2. The summed E-state index contributed by atoms with van der Waals surface area (Å²) in [6, 6.07) is 0. The molecule has 0 aliphatic carbocycles. The first kappa shape index (κ1) is 12.9. The summed E-state index contributed by atoms with van der Waals surface area (Å²) in [4.78, 5) is 21.6. The molecule has 0 radical (unpaired) electrons. The fourth-order valence-corrected chi connectivity index (χ4v) is 0.917. The van der Waals surface area contributed by atoms with Crippen molar-refractivity contribution in [2.75, 3.05) is 13.1 Å². The van der Waals surface area contributed by atoms with Gasteiger partial charge in [-0.2, -0.15) is 0 Å². The van der Waals surface area contributed by atoms with Crippen molar-refractivity contribution in [3.05, 3.63) is 0 Å². The molecule has 1 atom stereocenters. The molecule has 0 heterocycles. The molecule has 0 aromatic rings. The molecule has 2 amide bonds. The number of nitrogens with two attached hydrogens (primary N) is 2. The van der Waals surface area contributed by atoms with E-state index in [-0.39, 0.29) is 17.7 Å². The van der Waals surface area contributed by atoms with Crippen LogP contribution in [0.15, 0.2) is 0 Å². The number of amides is 2. The third kappa shape index (κ3) is 6.42. The maximum absolute atomic E-state index is 11.2. The van der Waals surface area contributed by atoms with Crippen LogP contribution in [-0.2, 0) is 9.59 Å². The topological polar surface area (TPSA) is 98.2 Å². The van der Waals surface area contributed by atoms with E-state index in [1.54, 1.807) is 6.92 Å². The van der Waals surface area contributed by atoms with Crippen LogP contribution in [0.5, 0.6) is 0 Å². The van der Waals surface area contributed by atoms with E-state index in [1.165, 1.54) is 0 Å². The summed E-state index contributed by atoms with van der Waals surface area (Å²) in [6.07, 6.45) is 1.86. The van der Waals surface area contributed by atoms with E-state index in [0.717, 1.165) is 6.42 Å². The van der Waals surface area contributed by atoms with Crippen LogP contribution in [0.2, 0.25) is 0 Å². The third-order valence-corrected chi connectivity index (χ3v) is 1.95. The number of carbonyl (C=O) groups is 2. The number of carbonyl (C=O) groups excluding carboxylic acids is 2. The lowest BCUT2D eigenvalue weighted by molar-refractivity contribution is -0.124. The normalized spacial score (nSPS) is 12.1. The van der Waals surface area contributed by atoms with Crippen molar-refractivity contribution in [2.45, 2.75) is 26.2 Å². The van der Waals surface area contributed by atoms with E-state index in [2.05, 4.69) is 5.32 Å². The second-order valence-electron chi connectivity index (χ2n) is 3.35. The molecule has 0 spiro atoms. The minimum absolute atomic E-state index is 0.0356. The van der Waals surface area contributed by atoms with E-state index in [4.69, 9.17) is 11.5 Å². The summed E-state index contributed by atoms with van der Waals surface area (Å²) in [5.74, 6) is -0.482. The van der Waals surface area contributed by atoms with Gasteiger partial charge in [-0.25, -0.2) is 0 Å². The van der Waals surface area contributed by atoms with Gasteiger partial charge in [-0.15, -0.1) is 0 Å². The van der Waals surface area contributed by atoms with Crippen LogP contribution in [0.1, 0.15) is 26.2 Å².